The van der Waals surface area contributed by atoms with Crippen LogP contribution in [0.5, 0.6) is 5.75 Å². The second-order valence-corrected chi connectivity index (χ2v) is 17.1. The Bertz CT molecular complexity index is 1970. The third kappa shape index (κ3) is 17.8. The van der Waals surface area contributed by atoms with Crippen molar-refractivity contribution in [2.45, 2.75) is 81.9 Å². The van der Waals surface area contributed by atoms with Crippen molar-refractivity contribution in [1.29, 1.82) is 0 Å². The zero-order valence-corrected chi connectivity index (χ0v) is 37.4. The number of hydrogen-bond donors (Lipinski definition) is 6. The number of aliphatic hydroxyl groups is 2. The van der Waals surface area contributed by atoms with Crippen LogP contribution in [0.3, 0.4) is 0 Å². The summed E-state index contributed by atoms with van der Waals surface area (Å²) in [5.41, 5.74) is 0.752. The lowest BCUT2D eigenvalue weighted by atomic mass is 9.90. The number of carbonyl (C=O) groups is 5. The molecule has 17 nitrogen and oxygen atoms in total. The maximum absolute atomic E-state index is 13.6. The van der Waals surface area contributed by atoms with Crippen LogP contribution in [-0.2, 0) is 30.3 Å². The summed E-state index contributed by atoms with van der Waals surface area (Å²) in [5, 5.41) is 31.2. The molecule has 2 saturated heterocycles. The summed E-state index contributed by atoms with van der Waals surface area (Å²) in [4.78, 5) is 66.4. The Hall–Kier alpha value is -5.65. The Kier molecular flexibility index (Phi) is 19.6. The SMILES string of the molecule is C=CCOC(=O)N1CCN(C(=O)OC(C)(C)C)CC1C(=O)NCC(F)(F)F.O=C(N[C@H]1c2ccccc2OC[C@H]1O)[C@H](Cc1ccccc1)C[C@H](O)CN1CCNC[C@H]1C(=O)NCC(F)(F)F. The molecule has 23 heteroatoms. The molecule has 3 aliphatic rings. The van der Waals surface area contributed by atoms with Crippen LogP contribution in [-0.4, -0.2) is 169 Å². The summed E-state index contributed by atoms with van der Waals surface area (Å²) in [6.45, 7) is 5.90. The van der Waals surface area contributed by atoms with E-state index in [1.165, 1.54) is 11.0 Å². The molecule has 2 aromatic carbocycles. The van der Waals surface area contributed by atoms with Crippen LogP contribution >= 0.6 is 0 Å². The van der Waals surface area contributed by atoms with E-state index in [1.807, 2.05) is 35.6 Å². The van der Waals surface area contributed by atoms with E-state index in [4.69, 9.17) is 14.2 Å². The number of fused-ring (bicyclic) bond motifs is 1. The molecule has 0 saturated carbocycles. The van der Waals surface area contributed by atoms with E-state index in [0.29, 0.717) is 30.8 Å². The molecule has 372 valence electrons. The Labute approximate surface area is 384 Å². The molecule has 5 rings (SSSR count). The first-order valence-electron chi connectivity index (χ1n) is 21.5. The van der Waals surface area contributed by atoms with Crippen LogP contribution in [0.15, 0.2) is 67.3 Å². The summed E-state index contributed by atoms with van der Waals surface area (Å²) >= 11 is 0. The van der Waals surface area contributed by atoms with Crippen LogP contribution in [0.1, 0.15) is 44.4 Å². The van der Waals surface area contributed by atoms with E-state index in [-0.39, 0.29) is 58.3 Å². The summed E-state index contributed by atoms with van der Waals surface area (Å²) in [6.07, 6.45) is -11.1. The predicted octanol–water partition coefficient (Wildman–Crippen LogP) is 3.07. The number of para-hydroxylation sites is 1. The van der Waals surface area contributed by atoms with Gasteiger partial charge in [0.2, 0.25) is 17.7 Å². The van der Waals surface area contributed by atoms with Gasteiger partial charge in [-0.05, 0) is 45.2 Å². The molecule has 6 atom stereocenters. The lowest BCUT2D eigenvalue weighted by Crippen LogP contribution is -2.62. The first-order chi connectivity index (χ1) is 31.4. The fourth-order valence-electron chi connectivity index (χ4n) is 7.41. The van der Waals surface area contributed by atoms with Gasteiger partial charge in [-0.3, -0.25) is 24.2 Å². The quantitative estimate of drug-likeness (QED) is 0.119. The number of nitrogens with zero attached hydrogens (tertiary/aromatic N) is 3. The van der Waals surface area contributed by atoms with Crippen molar-refractivity contribution in [2.24, 2.45) is 5.92 Å². The number of ether oxygens (including phenoxy) is 3. The van der Waals surface area contributed by atoms with Crippen LogP contribution in [0, 0.1) is 5.92 Å². The maximum Gasteiger partial charge on any atom is 0.410 e. The second kappa shape index (κ2) is 24.4. The Balaban J connectivity index is 0.000000317. The zero-order chi connectivity index (χ0) is 49.5. The van der Waals surface area contributed by atoms with Crippen molar-refractivity contribution >= 4 is 29.9 Å². The number of rotatable bonds is 14. The number of benzene rings is 2. The van der Waals surface area contributed by atoms with Gasteiger partial charge in [-0.15, -0.1) is 0 Å². The summed E-state index contributed by atoms with van der Waals surface area (Å²) in [6, 6.07) is 13.5. The van der Waals surface area contributed by atoms with E-state index in [0.717, 1.165) is 10.5 Å². The van der Waals surface area contributed by atoms with Gasteiger partial charge in [0.1, 0.15) is 55.8 Å². The molecule has 0 bridgehead atoms. The van der Waals surface area contributed by atoms with Gasteiger partial charge in [-0.2, -0.15) is 26.3 Å². The van der Waals surface area contributed by atoms with E-state index >= 15 is 0 Å². The lowest BCUT2D eigenvalue weighted by molar-refractivity contribution is -0.142. The summed E-state index contributed by atoms with van der Waals surface area (Å²) < 4.78 is 90.6. The number of hydrogen-bond acceptors (Lipinski definition) is 12. The van der Waals surface area contributed by atoms with E-state index in [2.05, 4.69) is 17.2 Å². The average molecular weight is 960 g/mol. The molecule has 5 amide bonds. The fourth-order valence-corrected chi connectivity index (χ4v) is 7.41. The van der Waals surface area contributed by atoms with Gasteiger partial charge in [0.15, 0.2) is 0 Å². The normalized spacial score (nSPS) is 20.9. The number of halogens is 6. The first-order valence-corrected chi connectivity index (χ1v) is 21.5. The minimum absolute atomic E-state index is 0.00702. The average Bonchev–Trinajstić information content (AvgIpc) is 3.26. The number of carbonyl (C=O) groups excluding carboxylic acids is 5. The third-order valence-corrected chi connectivity index (χ3v) is 10.5. The van der Waals surface area contributed by atoms with Crippen molar-refractivity contribution in [3.63, 3.8) is 0 Å². The molecule has 1 unspecified atom stereocenters. The number of amides is 5. The van der Waals surface area contributed by atoms with Gasteiger partial charge in [-0.25, -0.2) is 9.59 Å². The topological polar surface area (TPSA) is 211 Å². The lowest BCUT2D eigenvalue weighted by Gasteiger charge is -2.40. The van der Waals surface area contributed by atoms with Crippen molar-refractivity contribution < 1.29 is 74.7 Å². The van der Waals surface area contributed by atoms with Gasteiger partial charge < -0.3 is 50.6 Å². The Morgan fingerprint density at radius 3 is 2.15 bits per heavy atom. The van der Waals surface area contributed by atoms with Crippen molar-refractivity contribution in [3.05, 3.63) is 78.4 Å². The molecular formula is C44H59F6N7O10. The molecule has 0 aliphatic carbocycles. The van der Waals surface area contributed by atoms with E-state index in [1.54, 1.807) is 55.3 Å². The third-order valence-electron chi connectivity index (χ3n) is 10.5. The van der Waals surface area contributed by atoms with Crippen LogP contribution in [0.25, 0.3) is 0 Å². The fraction of sp³-hybridized carbons (Fsp3) is 0.568. The minimum Gasteiger partial charge on any atom is -0.490 e. The Morgan fingerprint density at radius 2 is 1.52 bits per heavy atom. The molecule has 0 radical (unpaired) electrons. The van der Waals surface area contributed by atoms with Gasteiger partial charge in [0, 0.05) is 50.7 Å². The number of β-amino-alcohol motifs (C(OH)–C–C–N with tert-alkyl or cyclic N) is 1. The molecule has 0 aromatic heterocycles. The Morgan fingerprint density at radius 1 is 0.896 bits per heavy atom. The standard InChI is InChI=1S/C28H35F3N4O5.C16H24F3N3O5/c29-28(30,31)17-33-27(39)22-14-32-10-11-35(22)15-20(36)13-19(12-18-6-2-1-3-7-18)26(38)34-25-21-8-4-5-9-24(21)40-16-23(25)37;1-5-8-26-14(25)22-7-6-21(13(24)27-15(2,3)4)9-11(22)12(23)20-10-16(17,18)19/h1-9,19-20,22-23,25,32,36-37H,10-17H2,(H,33,39)(H,34,38);5,11H,1,6-10H2,2-4H3,(H,20,23)/t19-,20+,22+,23-,25+;/m1./s1. The van der Waals surface area contributed by atoms with Gasteiger partial charge >= 0.3 is 24.5 Å². The summed E-state index contributed by atoms with van der Waals surface area (Å²) in [5.74, 6) is -2.28. The highest BCUT2D eigenvalue weighted by Crippen LogP contribution is 2.32. The van der Waals surface area contributed by atoms with E-state index in [9.17, 15) is 60.5 Å². The number of aliphatic hydroxyl groups excluding tert-OH is 2. The highest BCUT2D eigenvalue weighted by Gasteiger charge is 2.41. The van der Waals surface area contributed by atoms with Crippen molar-refractivity contribution in [2.75, 3.05) is 72.1 Å². The first kappa shape index (κ1) is 54.0. The largest absolute Gasteiger partial charge is 0.490 e. The van der Waals surface area contributed by atoms with Gasteiger partial charge in [0.25, 0.3) is 0 Å². The molecule has 6 N–H and O–H groups in total. The monoisotopic (exact) mass is 959 g/mol. The molecule has 0 spiro atoms. The predicted molar refractivity (Wildman–Crippen MR) is 229 cm³/mol. The van der Waals surface area contributed by atoms with Crippen LogP contribution in [0.2, 0.25) is 0 Å². The molecule has 2 aromatic rings. The minimum atomic E-state index is -4.61. The zero-order valence-electron chi connectivity index (χ0n) is 37.4. The number of nitrogens with one attached hydrogen (secondary N) is 4. The highest BCUT2D eigenvalue weighted by molar-refractivity contribution is 5.87. The van der Waals surface area contributed by atoms with Crippen LogP contribution in [0.4, 0.5) is 35.9 Å². The molecule has 2 fully saturated rings. The number of piperazine rings is 2. The van der Waals surface area contributed by atoms with Gasteiger partial charge in [-0.1, -0.05) is 61.2 Å². The van der Waals surface area contributed by atoms with E-state index < -0.39 is 91.3 Å². The van der Waals surface area contributed by atoms with Crippen LogP contribution < -0.4 is 26.0 Å². The van der Waals surface area contributed by atoms with Gasteiger partial charge in [0.05, 0.1) is 18.7 Å². The highest BCUT2D eigenvalue weighted by atomic mass is 19.4. The maximum atomic E-state index is 13.6. The molecule has 67 heavy (non-hydrogen) atoms. The number of alkyl halides is 6. The second-order valence-electron chi connectivity index (χ2n) is 17.1. The molecular weight excluding hydrogens is 901 g/mol. The van der Waals surface area contributed by atoms with Crippen molar-refractivity contribution in [3.8, 4) is 5.75 Å². The smallest absolute Gasteiger partial charge is 0.410 e. The molecule has 3 aliphatic heterocycles. The summed E-state index contributed by atoms with van der Waals surface area (Å²) in [7, 11) is 0. The molecule has 3 heterocycles. The van der Waals surface area contributed by atoms with Crippen molar-refractivity contribution in [1.82, 2.24) is 36.0 Å².